The molecule has 0 aromatic carbocycles. The van der Waals surface area contributed by atoms with Gasteiger partial charge in [0.15, 0.2) is 0 Å². The standard InChI is InChI=1S/C8H16O2.C6H14O4/c1-2-3-4-5-6-7-8(9)10;7-1-3-9-5-6-10-4-2-8/h2-7H2,1H3,(H,9,10);7-8H,1-6H2. The van der Waals surface area contributed by atoms with Gasteiger partial charge in [-0.15, -0.1) is 0 Å². The summed E-state index contributed by atoms with van der Waals surface area (Å²) < 4.78 is 9.75. The van der Waals surface area contributed by atoms with Crippen molar-refractivity contribution in [1.82, 2.24) is 0 Å². The zero-order chi connectivity index (χ0) is 15.5. The van der Waals surface area contributed by atoms with Gasteiger partial charge < -0.3 is 24.8 Å². The number of aliphatic hydroxyl groups is 2. The van der Waals surface area contributed by atoms with Crippen molar-refractivity contribution in [3.63, 3.8) is 0 Å². The minimum atomic E-state index is -0.670. The Kier molecular flexibility index (Phi) is 22.3. The number of rotatable bonds is 13. The number of aliphatic hydroxyl groups excluding tert-OH is 2. The van der Waals surface area contributed by atoms with Crippen molar-refractivity contribution in [3.05, 3.63) is 0 Å². The normalized spacial score (nSPS) is 9.95. The van der Waals surface area contributed by atoms with E-state index in [1.165, 1.54) is 19.3 Å². The summed E-state index contributed by atoms with van der Waals surface area (Å²) >= 11 is 0. The summed E-state index contributed by atoms with van der Waals surface area (Å²) in [5.41, 5.74) is 0. The van der Waals surface area contributed by atoms with Crippen molar-refractivity contribution < 1.29 is 29.6 Å². The monoisotopic (exact) mass is 294 g/mol. The Morgan fingerprint density at radius 2 is 1.35 bits per heavy atom. The highest BCUT2D eigenvalue weighted by Crippen LogP contribution is 2.04. The SMILES string of the molecule is CCCCCCCC(=O)O.OCCOCCOCCO. The summed E-state index contributed by atoms with van der Waals surface area (Å²) in [6.45, 7) is 3.88. The van der Waals surface area contributed by atoms with E-state index in [4.69, 9.17) is 24.8 Å². The first-order chi connectivity index (χ1) is 9.68. The van der Waals surface area contributed by atoms with E-state index in [1.807, 2.05) is 0 Å². The summed E-state index contributed by atoms with van der Waals surface area (Å²) in [5, 5.41) is 24.8. The smallest absolute Gasteiger partial charge is 0.303 e. The van der Waals surface area contributed by atoms with Gasteiger partial charge in [-0.1, -0.05) is 32.6 Å². The third-order valence-electron chi connectivity index (χ3n) is 2.34. The van der Waals surface area contributed by atoms with Crippen LogP contribution in [0.3, 0.4) is 0 Å². The number of carboxylic acid groups (broad SMARTS) is 1. The fourth-order valence-electron chi connectivity index (χ4n) is 1.33. The van der Waals surface area contributed by atoms with Crippen LogP contribution in [0, 0.1) is 0 Å². The largest absolute Gasteiger partial charge is 0.481 e. The molecule has 0 aliphatic carbocycles. The number of hydrogen-bond acceptors (Lipinski definition) is 5. The molecular weight excluding hydrogens is 264 g/mol. The number of carboxylic acids is 1. The Morgan fingerprint density at radius 3 is 1.75 bits per heavy atom. The van der Waals surface area contributed by atoms with Gasteiger partial charge in [0.25, 0.3) is 0 Å². The molecule has 0 amide bonds. The Balaban J connectivity index is 0. The Hall–Kier alpha value is -0.690. The molecule has 0 aliphatic heterocycles. The molecular formula is C14H30O6. The lowest BCUT2D eigenvalue weighted by atomic mass is 10.1. The molecule has 20 heavy (non-hydrogen) atoms. The van der Waals surface area contributed by atoms with E-state index in [-0.39, 0.29) is 13.2 Å². The third kappa shape index (κ3) is 26.0. The highest BCUT2D eigenvalue weighted by molar-refractivity contribution is 5.66. The zero-order valence-corrected chi connectivity index (χ0v) is 12.6. The third-order valence-corrected chi connectivity index (χ3v) is 2.34. The van der Waals surface area contributed by atoms with Crippen molar-refractivity contribution in [3.8, 4) is 0 Å². The maximum atomic E-state index is 10.0. The minimum Gasteiger partial charge on any atom is -0.481 e. The Labute approximate surface area is 121 Å². The van der Waals surface area contributed by atoms with Crippen LogP contribution < -0.4 is 0 Å². The van der Waals surface area contributed by atoms with E-state index in [0.29, 0.717) is 32.8 Å². The van der Waals surface area contributed by atoms with E-state index in [9.17, 15) is 4.79 Å². The lowest BCUT2D eigenvalue weighted by molar-refractivity contribution is -0.137. The van der Waals surface area contributed by atoms with Gasteiger partial charge in [-0.25, -0.2) is 0 Å². The molecule has 0 saturated carbocycles. The first-order valence-electron chi connectivity index (χ1n) is 7.28. The molecule has 0 fully saturated rings. The van der Waals surface area contributed by atoms with Crippen LogP contribution in [0.1, 0.15) is 45.4 Å². The molecule has 0 rings (SSSR count). The molecule has 122 valence electrons. The van der Waals surface area contributed by atoms with Gasteiger partial charge in [0.2, 0.25) is 0 Å². The van der Waals surface area contributed by atoms with E-state index in [0.717, 1.165) is 12.8 Å². The molecule has 0 heterocycles. The molecule has 0 spiro atoms. The maximum Gasteiger partial charge on any atom is 0.303 e. The number of aliphatic carboxylic acids is 1. The lowest BCUT2D eigenvalue weighted by Gasteiger charge is -2.01. The predicted octanol–water partition coefficient (Wildman–Crippen LogP) is 1.44. The van der Waals surface area contributed by atoms with Crippen LogP contribution in [0.5, 0.6) is 0 Å². The van der Waals surface area contributed by atoms with Gasteiger partial charge in [-0.2, -0.15) is 0 Å². The van der Waals surface area contributed by atoms with Crippen LogP contribution in [0.4, 0.5) is 0 Å². The summed E-state index contributed by atoms with van der Waals surface area (Å²) in [6.07, 6.45) is 5.88. The number of hydrogen-bond donors (Lipinski definition) is 3. The Bertz CT molecular complexity index is 179. The van der Waals surface area contributed by atoms with Crippen molar-refractivity contribution in [2.75, 3.05) is 39.6 Å². The highest BCUT2D eigenvalue weighted by atomic mass is 16.5. The van der Waals surface area contributed by atoms with Gasteiger partial charge >= 0.3 is 5.97 Å². The summed E-state index contributed by atoms with van der Waals surface area (Å²) in [5.74, 6) is -0.670. The summed E-state index contributed by atoms with van der Waals surface area (Å²) in [6, 6.07) is 0. The fraction of sp³-hybridized carbons (Fsp3) is 0.929. The van der Waals surface area contributed by atoms with Crippen molar-refractivity contribution in [2.24, 2.45) is 0 Å². The van der Waals surface area contributed by atoms with Crippen molar-refractivity contribution in [1.29, 1.82) is 0 Å². The highest BCUT2D eigenvalue weighted by Gasteiger charge is 1.94. The fourth-order valence-corrected chi connectivity index (χ4v) is 1.33. The van der Waals surface area contributed by atoms with Crippen LogP contribution in [-0.4, -0.2) is 60.9 Å². The van der Waals surface area contributed by atoms with E-state index in [2.05, 4.69) is 6.92 Å². The van der Waals surface area contributed by atoms with E-state index in [1.54, 1.807) is 0 Å². The zero-order valence-electron chi connectivity index (χ0n) is 12.6. The second-order valence-electron chi connectivity index (χ2n) is 4.23. The molecule has 0 aromatic rings. The number of ether oxygens (including phenoxy) is 2. The van der Waals surface area contributed by atoms with Gasteiger partial charge in [-0.3, -0.25) is 4.79 Å². The maximum absolute atomic E-state index is 10.0. The minimum absolute atomic E-state index is 0.0417. The lowest BCUT2D eigenvalue weighted by Crippen LogP contribution is -2.09. The molecule has 0 aliphatic rings. The first kappa shape index (κ1) is 21.6. The number of carbonyl (C=O) groups is 1. The quantitative estimate of drug-likeness (QED) is 0.445. The topological polar surface area (TPSA) is 96.2 Å². The van der Waals surface area contributed by atoms with Crippen LogP contribution in [0.25, 0.3) is 0 Å². The van der Waals surface area contributed by atoms with E-state index >= 15 is 0 Å². The van der Waals surface area contributed by atoms with Crippen LogP contribution in [-0.2, 0) is 14.3 Å². The molecule has 0 atom stereocenters. The van der Waals surface area contributed by atoms with Crippen LogP contribution in [0.2, 0.25) is 0 Å². The summed E-state index contributed by atoms with van der Waals surface area (Å²) in [7, 11) is 0. The summed E-state index contributed by atoms with van der Waals surface area (Å²) in [4.78, 5) is 10.0. The average molecular weight is 294 g/mol. The Morgan fingerprint density at radius 1 is 0.850 bits per heavy atom. The molecule has 3 N–H and O–H groups in total. The molecule has 6 heteroatoms. The molecule has 6 nitrogen and oxygen atoms in total. The van der Waals surface area contributed by atoms with Crippen molar-refractivity contribution >= 4 is 5.97 Å². The van der Waals surface area contributed by atoms with Crippen LogP contribution in [0.15, 0.2) is 0 Å². The average Bonchev–Trinajstić information content (AvgIpc) is 2.43. The molecule has 0 aromatic heterocycles. The second kappa shape index (κ2) is 20.6. The molecule has 0 bridgehead atoms. The van der Waals surface area contributed by atoms with Crippen molar-refractivity contribution in [2.45, 2.75) is 45.4 Å². The van der Waals surface area contributed by atoms with Crippen LogP contribution >= 0.6 is 0 Å². The molecule has 0 unspecified atom stereocenters. The second-order valence-corrected chi connectivity index (χ2v) is 4.23. The van der Waals surface area contributed by atoms with Gasteiger partial charge in [0.05, 0.1) is 39.6 Å². The number of unbranched alkanes of at least 4 members (excludes halogenated alkanes) is 4. The first-order valence-corrected chi connectivity index (χ1v) is 7.28. The molecule has 0 saturated heterocycles. The predicted molar refractivity (Wildman–Crippen MR) is 76.8 cm³/mol. The van der Waals surface area contributed by atoms with E-state index < -0.39 is 5.97 Å². The van der Waals surface area contributed by atoms with Gasteiger partial charge in [0.1, 0.15) is 0 Å². The van der Waals surface area contributed by atoms with Gasteiger partial charge in [-0.05, 0) is 6.42 Å². The molecule has 0 radical (unpaired) electrons. The van der Waals surface area contributed by atoms with Gasteiger partial charge in [0, 0.05) is 6.42 Å².